The normalized spacial score (nSPS) is 29.9. The molecule has 4 heteroatoms. The standard InChI is InChI=1S/C13H15BrN2O/c1-7-2-3-8(4-11(7)14)13(17)16-12-9-5-15-6-10(9)12/h2-4,9-10,12,15H,5-6H2,1H3,(H,16,17). The number of hydrogen-bond acceptors (Lipinski definition) is 2. The second-order valence-corrected chi connectivity index (χ2v) is 5.80. The van der Waals surface area contributed by atoms with E-state index in [0.29, 0.717) is 17.9 Å². The Bertz CT molecular complexity index is 464. The summed E-state index contributed by atoms with van der Waals surface area (Å²) in [5.74, 6) is 1.37. The van der Waals surface area contributed by atoms with Crippen molar-refractivity contribution < 1.29 is 4.79 Å². The van der Waals surface area contributed by atoms with Gasteiger partial charge in [-0.1, -0.05) is 22.0 Å². The Morgan fingerprint density at radius 2 is 2.12 bits per heavy atom. The minimum absolute atomic E-state index is 0.0464. The summed E-state index contributed by atoms with van der Waals surface area (Å²) in [5, 5.41) is 6.44. The lowest BCUT2D eigenvalue weighted by Gasteiger charge is -2.08. The van der Waals surface area contributed by atoms with Crippen molar-refractivity contribution >= 4 is 21.8 Å². The maximum atomic E-state index is 12.0. The second-order valence-electron chi connectivity index (χ2n) is 4.95. The first-order valence-electron chi connectivity index (χ1n) is 5.94. The molecular weight excluding hydrogens is 280 g/mol. The van der Waals surface area contributed by atoms with Gasteiger partial charge < -0.3 is 10.6 Å². The molecule has 1 aliphatic heterocycles. The summed E-state index contributed by atoms with van der Waals surface area (Å²) in [7, 11) is 0. The van der Waals surface area contributed by atoms with Crippen molar-refractivity contribution in [3.8, 4) is 0 Å². The van der Waals surface area contributed by atoms with Crippen LogP contribution in [0.4, 0.5) is 0 Å². The number of halogens is 1. The molecule has 1 heterocycles. The van der Waals surface area contributed by atoms with Crippen LogP contribution in [0.1, 0.15) is 15.9 Å². The Morgan fingerprint density at radius 1 is 1.41 bits per heavy atom. The topological polar surface area (TPSA) is 41.1 Å². The molecule has 1 aliphatic carbocycles. The van der Waals surface area contributed by atoms with Gasteiger partial charge in [0.25, 0.3) is 5.91 Å². The summed E-state index contributed by atoms with van der Waals surface area (Å²) in [5.41, 5.74) is 1.88. The van der Waals surface area contributed by atoms with E-state index in [1.54, 1.807) is 0 Å². The third-order valence-electron chi connectivity index (χ3n) is 3.82. The van der Waals surface area contributed by atoms with E-state index in [0.717, 1.165) is 28.7 Å². The number of carbonyl (C=O) groups is 1. The van der Waals surface area contributed by atoms with Gasteiger partial charge in [0.05, 0.1) is 0 Å². The fourth-order valence-corrected chi connectivity index (χ4v) is 2.98. The fraction of sp³-hybridized carbons (Fsp3) is 0.462. The fourth-order valence-electron chi connectivity index (χ4n) is 2.60. The molecule has 2 N–H and O–H groups in total. The summed E-state index contributed by atoms with van der Waals surface area (Å²) in [4.78, 5) is 12.0. The zero-order chi connectivity index (χ0) is 12.0. The molecular formula is C13H15BrN2O. The molecule has 3 rings (SSSR count). The zero-order valence-electron chi connectivity index (χ0n) is 9.66. The first kappa shape index (κ1) is 11.2. The Kier molecular flexibility index (Phi) is 2.71. The summed E-state index contributed by atoms with van der Waals surface area (Å²) in [6.07, 6.45) is 0. The lowest BCUT2D eigenvalue weighted by atomic mass is 10.1. The van der Waals surface area contributed by atoms with E-state index in [4.69, 9.17) is 0 Å². The third kappa shape index (κ3) is 2.00. The van der Waals surface area contributed by atoms with E-state index >= 15 is 0 Å². The number of benzene rings is 1. The molecule has 0 spiro atoms. The number of piperidine rings is 1. The maximum absolute atomic E-state index is 12.0. The highest BCUT2D eigenvalue weighted by Gasteiger charge is 2.53. The molecule has 2 atom stereocenters. The second kappa shape index (κ2) is 4.10. The molecule has 90 valence electrons. The van der Waals surface area contributed by atoms with E-state index in [1.807, 2.05) is 25.1 Å². The van der Waals surface area contributed by atoms with Gasteiger partial charge in [-0.15, -0.1) is 0 Å². The summed E-state index contributed by atoms with van der Waals surface area (Å²) < 4.78 is 0.989. The largest absolute Gasteiger partial charge is 0.349 e. The van der Waals surface area contributed by atoms with Crippen molar-refractivity contribution in [1.82, 2.24) is 10.6 Å². The van der Waals surface area contributed by atoms with E-state index in [1.165, 1.54) is 0 Å². The molecule has 0 radical (unpaired) electrons. The minimum Gasteiger partial charge on any atom is -0.349 e. The predicted molar refractivity (Wildman–Crippen MR) is 70.0 cm³/mol. The summed E-state index contributed by atoms with van der Waals surface area (Å²) in [6.45, 7) is 4.11. The van der Waals surface area contributed by atoms with Crippen molar-refractivity contribution in [2.24, 2.45) is 11.8 Å². The number of hydrogen-bond donors (Lipinski definition) is 2. The van der Waals surface area contributed by atoms with Gasteiger partial charge in [-0.25, -0.2) is 0 Å². The Morgan fingerprint density at radius 3 is 2.76 bits per heavy atom. The Labute approximate surface area is 109 Å². The van der Waals surface area contributed by atoms with E-state index in [9.17, 15) is 4.79 Å². The molecule has 0 bridgehead atoms. The molecule has 3 nitrogen and oxygen atoms in total. The van der Waals surface area contributed by atoms with Gasteiger partial charge in [0.2, 0.25) is 0 Å². The van der Waals surface area contributed by atoms with Crippen LogP contribution in [-0.4, -0.2) is 25.0 Å². The first-order chi connectivity index (χ1) is 8.16. The van der Waals surface area contributed by atoms with Gasteiger partial charge in [-0.2, -0.15) is 0 Å². The highest BCUT2D eigenvalue weighted by molar-refractivity contribution is 9.10. The number of nitrogens with one attached hydrogen (secondary N) is 2. The average Bonchev–Trinajstić information content (AvgIpc) is 2.76. The van der Waals surface area contributed by atoms with Gasteiger partial charge >= 0.3 is 0 Å². The monoisotopic (exact) mass is 294 g/mol. The molecule has 2 fully saturated rings. The lowest BCUT2D eigenvalue weighted by molar-refractivity contribution is 0.0946. The molecule has 1 saturated carbocycles. The van der Waals surface area contributed by atoms with Crippen LogP contribution in [0.3, 0.4) is 0 Å². The number of fused-ring (bicyclic) bond motifs is 1. The highest BCUT2D eigenvalue weighted by atomic mass is 79.9. The van der Waals surface area contributed by atoms with Crippen LogP contribution in [0.5, 0.6) is 0 Å². The number of amides is 1. The van der Waals surface area contributed by atoms with Gasteiger partial charge in [-0.3, -0.25) is 4.79 Å². The maximum Gasteiger partial charge on any atom is 0.251 e. The van der Waals surface area contributed by atoms with Crippen molar-refractivity contribution in [3.05, 3.63) is 33.8 Å². The van der Waals surface area contributed by atoms with Crippen LogP contribution in [0.2, 0.25) is 0 Å². The molecule has 0 aromatic heterocycles. The molecule has 17 heavy (non-hydrogen) atoms. The van der Waals surface area contributed by atoms with Crippen LogP contribution in [0, 0.1) is 18.8 Å². The minimum atomic E-state index is 0.0464. The van der Waals surface area contributed by atoms with Crippen molar-refractivity contribution in [2.45, 2.75) is 13.0 Å². The SMILES string of the molecule is Cc1ccc(C(=O)NC2C3CNCC32)cc1Br. The number of aryl methyl sites for hydroxylation is 1. The highest BCUT2D eigenvalue weighted by Crippen LogP contribution is 2.41. The smallest absolute Gasteiger partial charge is 0.251 e. The van der Waals surface area contributed by atoms with Gasteiger partial charge in [0.15, 0.2) is 0 Å². The van der Waals surface area contributed by atoms with Crippen LogP contribution < -0.4 is 10.6 Å². The van der Waals surface area contributed by atoms with Gasteiger partial charge in [0, 0.05) is 29.2 Å². The zero-order valence-corrected chi connectivity index (χ0v) is 11.3. The van der Waals surface area contributed by atoms with E-state index in [2.05, 4.69) is 26.6 Å². The molecule has 2 aliphatic rings. The van der Waals surface area contributed by atoms with Crippen molar-refractivity contribution in [2.75, 3.05) is 13.1 Å². The van der Waals surface area contributed by atoms with Crippen LogP contribution in [-0.2, 0) is 0 Å². The van der Waals surface area contributed by atoms with E-state index in [-0.39, 0.29) is 5.91 Å². The lowest BCUT2D eigenvalue weighted by Crippen LogP contribution is -2.32. The third-order valence-corrected chi connectivity index (χ3v) is 4.68. The molecule has 1 amide bonds. The molecule has 1 saturated heterocycles. The average molecular weight is 295 g/mol. The molecule has 2 unspecified atom stereocenters. The van der Waals surface area contributed by atoms with Gasteiger partial charge in [-0.05, 0) is 36.5 Å². The summed E-state index contributed by atoms with van der Waals surface area (Å²) in [6, 6.07) is 6.13. The Hall–Kier alpha value is -0.870. The quantitative estimate of drug-likeness (QED) is 0.872. The molecule has 1 aromatic carbocycles. The van der Waals surface area contributed by atoms with Crippen LogP contribution in [0.25, 0.3) is 0 Å². The van der Waals surface area contributed by atoms with Crippen molar-refractivity contribution in [3.63, 3.8) is 0 Å². The predicted octanol–water partition coefficient (Wildman–Crippen LogP) is 1.71. The van der Waals surface area contributed by atoms with Gasteiger partial charge in [0.1, 0.15) is 0 Å². The number of carbonyl (C=O) groups excluding carboxylic acids is 1. The molecule has 1 aromatic rings. The van der Waals surface area contributed by atoms with Crippen molar-refractivity contribution in [1.29, 1.82) is 0 Å². The van der Waals surface area contributed by atoms with E-state index < -0.39 is 0 Å². The van der Waals surface area contributed by atoms with Crippen LogP contribution >= 0.6 is 15.9 Å². The van der Waals surface area contributed by atoms with Crippen LogP contribution in [0.15, 0.2) is 22.7 Å². The Balaban J connectivity index is 1.68. The first-order valence-corrected chi connectivity index (χ1v) is 6.74. The number of rotatable bonds is 2. The summed E-state index contributed by atoms with van der Waals surface area (Å²) >= 11 is 3.45.